The lowest BCUT2D eigenvalue weighted by atomic mass is 10.0. The van der Waals surface area contributed by atoms with Gasteiger partial charge in [-0.25, -0.2) is 0 Å². The topological polar surface area (TPSA) is 15.3 Å². The van der Waals surface area contributed by atoms with E-state index in [2.05, 4.69) is 75.3 Å². The summed E-state index contributed by atoms with van der Waals surface area (Å²) in [5, 5.41) is 3.48. The van der Waals surface area contributed by atoms with Crippen LogP contribution in [0.1, 0.15) is 52.1 Å². The van der Waals surface area contributed by atoms with Crippen molar-refractivity contribution in [1.82, 2.24) is 10.2 Å². The van der Waals surface area contributed by atoms with Crippen LogP contribution in [-0.4, -0.2) is 31.1 Å². The number of rotatable bonds is 9. The van der Waals surface area contributed by atoms with Gasteiger partial charge in [0.2, 0.25) is 0 Å². The van der Waals surface area contributed by atoms with E-state index in [-0.39, 0.29) is 0 Å². The number of nitrogens with zero attached hydrogens (tertiary/aromatic N) is 1. The molecule has 1 aromatic carbocycles. The molecule has 1 atom stereocenters. The van der Waals surface area contributed by atoms with Crippen LogP contribution >= 0.6 is 0 Å². The zero-order chi connectivity index (χ0) is 15.0. The Kier molecular flexibility index (Phi) is 7.86. The fourth-order valence-corrected chi connectivity index (χ4v) is 2.93. The molecule has 0 bridgehead atoms. The molecule has 0 fully saturated rings. The van der Waals surface area contributed by atoms with Crippen molar-refractivity contribution >= 4 is 0 Å². The Labute approximate surface area is 125 Å². The van der Waals surface area contributed by atoms with Crippen LogP contribution in [0.5, 0.6) is 0 Å². The highest BCUT2D eigenvalue weighted by Crippen LogP contribution is 2.18. The van der Waals surface area contributed by atoms with Crippen molar-refractivity contribution in [3.05, 3.63) is 35.9 Å². The Hall–Kier alpha value is -0.860. The van der Waals surface area contributed by atoms with Crippen LogP contribution in [0.2, 0.25) is 0 Å². The van der Waals surface area contributed by atoms with Crippen molar-refractivity contribution < 1.29 is 0 Å². The maximum atomic E-state index is 3.48. The molecule has 1 N–H and O–H groups in total. The van der Waals surface area contributed by atoms with E-state index >= 15 is 0 Å². The summed E-state index contributed by atoms with van der Waals surface area (Å²) in [6.45, 7) is 11.5. The average Bonchev–Trinajstić information content (AvgIpc) is 2.46. The molecule has 0 aliphatic heterocycles. The minimum Gasteiger partial charge on any atom is -0.312 e. The lowest BCUT2D eigenvalue weighted by molar-refractivity contribution is 0.150. The van der Waals surface area contributed by atoms with Crippen LogP contribution < -0.4 is 5.32 Å². The number of benzene rings is 1. The molecule has 0 spiro atoms. The monoisotopic (exact) mass is 276 g/mol. The smallest absolute Gasteiger partial charge is 0.0446 e. The molecule has 0 amide bonds. The SMILES string of the molecule is CCC(CC)N(CC(C)C)CC(NC)c1ccccc1. The molecule has 114 valence electrons. The molecule has 0 heterocycles. The van der Waals surface area contributed by atoms with Gasteiger partial charge in [0.25, 0.3) is 0 Å². The predicted molar refractivity (Wildman–Crippen MR) is 89.0 cm³/mol. The van der Waals surface area contributed by atoms with E-state index in [1.54, 1.807) is 0 Å². The molecule has 2 heteroatoms. The number of nitrogens with one attached hydrogen (secondary N) is 1. The molecular formula is C18H32N2. The summed E-state index contributed by atoms with van der Waals surface area (Å²) in [7, 11) is 2.07. The minimum atomic E-state index is 0.413. The summed E-state index contributed by atoms with van der Waals surface area (Å²) in [6, 6.07) is 11.9. The Morgan fingerprint density at radius 1 is 1.00 bits per heavy atom. The van der Waals surface area contributed by atoms with E-state index in [0.29, 0.717) is 18.0 Å². The van der Waals surface area contributed by atoms with Crippen molar-refractivity contribution in [3.8, 4) is 0 Å². The summed E-state index contributed by atoms with van der Waals surface area (Å²) < 4.78 is 0. The molecule has 0 aliphatic carbocycles. The van der Waals surface area contributed by atoms with E-state index in [9.17, 15) is 0 Å². The van der Waals surface area contributed by atoms with Gasteiger partial charge < -0.3 is 5.32 Å². The highest BCUT2D eigenvalue weighted by molar-refractivity contribution is 5.19. The van der Waals surface area contributed by atoms with E-state index < -0.39 is 0 Å². The first-order chi connectivity index (χ1) is 9.62. The van der Waals surface area contributed by atoms with Gasteiger partial charge in [0, 0.05) is 25.2 Å². The van der Waals surface area contributed by atoms with Gasteiger partial charge in [-0.1, -0.05) is 58.0 Å². The highest BCUT2D eigenvalue weighted by atomic mass is 15.2. The zero-order valence-corrected chi connectivity index (χ0v) is 13.9. The number of hydrogen-bond acceptors (Lipinski definition) is 2. The molecule has 0 aromatic heterocycles. The van der Waals surface area contributed by atoms with Crippen molar-refractivity contribution in [1.29, 1.82) is 0 Å². The van der Waals surface area contributed by atoms with Crippen LogP contribution in [0, 0.1) is 5.92 Å². The lowest BCUT2D eigenvalue weighted by Gasteiger charge is -2.35. The van der Waals surface area contributed by atoms with Crippen LogP contribution in [0.15, 0.2) is 30.3 Å². The second-order valence-electron chi connectivity index (χ2n) is 6.07. The van der Waals surface area contributed by atoms with Gasteiger partial charge in [-0.3, -0.25) is 4.90 Å². The summed E-state index contributed by atoms with van der Waals surface area (Å²) in [5.41, 5.74) is 1.38. The normalized spacial score (nSPS) is 13.4. The second-order valence-corrected chi connectivity index (χ2v) is 6.07. The molecule has 0 aliphatic rings. The van der Waals surface area contributed by atoms with Gasteiger partial charge in [-0.05, 0) is 31.4 Å². The molecule has 0 radical (unpaired) electrons. The first kappa shape index (κ1) is 17.2. The Morgan fingerprint density at radius 2 is 1.60 bits per heavy atom. The lowest BCUT2D eigenvalue weighted by Crippen LogP contribution is -2.42. The maximum absolute atomic E-state index is 3.48. The van der Waals surface area contributed by atoms with Crippen LogP contribution in [-0.2, 0) is 0 Å². The third-order valence-electron chi connectivity index (χ3n) is 4.03. The molecule has 1 unspecified atom stereocenters. The Balaban J connectivity index is 2.80. The zero-order valence-electron chi connectivity index (χ0n) is 13.9. The Morgan fingerprint density at radius 3 is 2.05 bits per heavy atom. The first-order valence-electron chi connectivity index (χ1n) is 8.08. The van der Waals surface area contributed by atoms with Crippen LogP contribution in [0.4, 0.5) is 0 Å². The van der Waals surface area contributed by atoms with Gasteiger partial charge in [0.1, 0.15) is 0 Å². The van der Waals surface area contributed by atoms with Crippen LogP contribution in [0.25, 0.3) is 0 Å². The third kappa shape index (κ3) is 5.26. The van der Waals surface area contributed by atoms with Crippen molar-refractivity contribution in [2.45, 2.75) is 52.6 Å². The fraction of sp³-hybridized carbons (Fsp3) is 0.667. The largest absolute Gasteiger partial charge is 0.312 e. The van der Waals surface area contributed by atoms with Gasteiger partial charge >= 0.3 is 0 Å². The van der Waals surface area contributed by atoms with Crippen molar-refractivity contribution in [3.63, 3.8) is 0 Å². The average molecular weight is 276 g/mol. The van der Waals surface area contributed by atoms with Crippen LogP contribution in [0.3, 0.4) is 0 Å². The van der Waals surface area contributed by atoms with Crippen molar-refractivity contribution in [2.24, 2.45) is 5.92 Å². The first-order valence-corrected chi connectivity index (χ1v) is 8.08. The number of hydrogen-bond donors (Lipinski definition) is 1. The minimum absolute atomic E-state index is 0.413. The standard InChI is InChI=1S/C18H32N2/c1-6-17(7-2)20(13-15(3)4)14-18(19-5)16-11-9-8-10-12-16/h8-12,15,17-19H,6-7,13-14H2,1-5H3. The van der Waals surface area contributed by atoms with E-state index in [0.717, 1.165) is 6.54 Å². The molecule has 2 nitrogen and oxygen atoms in total. The van der Waals surface area contributed by atoms with Gasteiger partial charge in [0.15, 0.2) is 0 Å². The molecule has 1 aromatic rings. The Bertz CT molecular complexity index is 344. The number of likely N-dealkylation sites (N-methyl/N-ethyl adjacent to an activating group) is 1. The summed E-state index contributed by atoms with van der Waals surface area (Å²) in [4.78, 5) is 2.67. The third-order valence-corrected chi connectivity index (χ3v) is 4.03. The van der Waals surface area contributed by atoms with E-state index in [1.807, 2.05) is 0 Å². The van der Waals surface area contributed by atoms with Gasteiger partial charge in [-0.15, -0.1) is 0 Å². The molecule has 1 rings (SSSR count). The summed E-state index contributed by atoms with van der Waals surface area (Å²) in [6.07, 6.45) is 2.46. The molecule has 0 saturated carbocycles. The van der Waals surface area contributed by atoms with Gasteiger partial charge in [-0.2, -0.15) is 0 Å². The predicted octanol–water partition coefficient (Wildman–Crippen LogP) is 4.09. The second kappa shape index (κ2) is 9.15. The van der Waals surface area contributed by atoms with E-state index in [1.165, 1.54) is 24.9 Å². The maximum Gasteiger partial charge on any atom is 0.0446 e. The van der Waals surface area contributed by atoms with Gasteiger partial charge in [0.05, 0.1) is 0 Å². The summed E-state index contributed by atoms with van der Waals surface area (Å²) in [5.74, 6) is 0.712. The molecular weight excluding hydrogens is 244 g/mol. The highest BCUT2D eigenvalue weighted by Gasteiger charge is 2.20. The quantitative estimate of drug-likeness (QED) is 0.730. The molecule has 0 saturated heterocycles. The van der Waals surface area contributed by atoms with E-state index in [4.69, 9.17) is 0 Å². The summed E-state index contributed by atoms with van der Waals surface area (Å²) >= 11 is 0. The fourth-order valence-electron chi connectivity index (χ4n) is 2.93. The molecule has 20 heavy (non-hydrogen) atoms. The van der Waals surface area contributed by atoms with Crippen molar-refractivity contribution in [2.75, 3.05) is 20.1 Å².